The van der Waals surface area contributed by atoms with Crippen molar-refractivity contribution in [1.29, 1.82) is 0 Å². The number of carbonyl (C=O) groups is 1. The Morgan fingerprint density at radius 1 is 1.23 bits per heavy atom. The molecule has 4 nitrogen and oxygen atoms in total. The number of para-hydroxylation sites is 1. The molecule has 0 saturated heterocycles. The van der Waals surface area contributed by atoms with Crippen molar-refractivity contribution in [2.75, 3.05) is 11.9 Å². The second-order valence-electron chi connectivity index (χ2n) is 6.01. The SMILES string of the molecule is C=CCOc1c(Cl)c(C)nc(C)c1C(=O)Nc1c(CC)cccc1CC. The van der Waals surface area contributed by atoms with E-state index in [9.17, 15) is 4.79 Å². The summed E-state index contributed by atoms with van der Waals surface area (Å²) < 4.78 is 5.70. The molecule has 1 heterocycles. The summed E-state index contributed by atoms with van der Waals surface area (Å²) in [4.78, 5) is 17.5. The lowest BCUT2D eigenvalue weighted by Crippen LogP contribution is -2.19. The lowest BCUT2D eigenvalue weighted by molar-refractivity contribution is 0.102. The number of nitrogens with one attached hydrogen (secondary N) is 1. The second-order valence-corrected chi connectivity index (χ2v) is 6.39. The minimum Gasteiger partial charge on any atom is -0.487 e. The van der Waals surface area contributed by atoms with Gasteiger partial charge in [-0.3, -0.25) is 9.78 Å². The number of anilines is 1. The molecule has 0 bridgehead atoms. The average molecular weight is 373 g/mol. The fourth-order valence-corrected chi connectivity index (χ4v) is 3.11. The predicted octanol–water partition coefficient (Wildman–Crippen LogP) is 5.29. The van der Waals surface area contributed by atoms with Crippen LogP contribution in [0.3, 0.4) is 0 Å². The maximum absolute atomic E-state index is 13.1. The van der Waals surface area contributed by atoms with Crippen LogP contribution in [-0.2, 0) is 12.8 Å². The maximum Gasteiger partial charge on any atom is 0.261 e. The summed E-state index contributed by atoms with van der Waals surface area (Å²) in [6.45, 7) is 11.6. The van der Waals surface area contributed by atoms with Gasteiger partial charge in [0.1, 0.15) is 17.2 Å². The highest BCUT2D eigenvalue weighted by atomic mass is 35.5. The van der Waals surface area contributed by atoms with Crippen molar-refractivity contribution < 1.29 is 9.53 Å². The second kappa shape index (κ2) is 8.86. The summed E-state index contributed by atoms with van der Waals surface area (Å²) >= 11 is 6.37. The number of amides is 1. The highest BCUT2D eigenvalue weighted by Gasteiger charge is 2.23. The van der Waals surface area contributed by atoms with E-state index in [1.807, 2.05) is 18.2 Å². The largest absolute Gasteiger partial charge is 0.487 e. The third kappa shape index (κ3) is 4.07. The summed E-state index contributed by atoms with van der Waals surface area (Å²) in [6.07, 6.45) is 3.27. The van der Waals surface area contributed by atoms with Gasteiger partial charge in [-0.25, -0.2) is 0 Å². The van der Waals surface area contributed by atoms with E-state index in [-0.39, 0.29) is 12.5 Å². The molecule has 0 aliphatic heterocycles. The third-order valence-corrected chi connectivity index (χ3v) is 4.70. The molecular weight excluding hydrogens is 348 g/mol. The van der Waals surface area contributed by atoms with E-state index in [1.54, 1.807) is 19.9 Å². The smallest absolute Gasteiger partial charge is 0.261 e. The lowest BCUT2D eigenvalue weighted by Gasteiger charge is -2.18. The van der Waals surface area contributed by atoms with Crippen LogP contribution in [0.1, 0.15) is 46.7 Å². The normalized spacial score (nSPS) is 10.5. The minimum atomic E-state index is -0.272. The van der Waals surface area contributed by atoms with Crippen molar-refractivity contribution >= 4 is 23.2 Å². The molecule has 0 fully saturated rings. The van der Waals surface area contributed by atoms with Gasteiger partial charge >= 0.3 is 0 Å². The third-order valence-electron chi connectivity index (χ3n) is 4.25. The fourth-order valence-electron chi connectivity index (χ4n) is 2.92. The molecule has 0 aliphatic rings. The Bertz CT molecular complexity index is 809. The Hall–Kier alpha value is -2.33. The van der Waals surface area contributed by atoms with Crippen molar-refractivity contribution in [2.45, 2.75) is 40.5 Å². The van der Waals surface area contributed by atoms with Gasteiger partial charge in [0, 0.05) is 5.69 Å². The molecule has 1 aromatic carbocycles. The van der Waals surface area contributed by atoms with E-state index < -0.39 is 0 Å². The van der Waals surface area contributed by atoms with Crippen LogP contribution in [0, 0.1) is 13.8 Å². The lowest BCUT2D eigenvalue weighted by atomic mass is 10.0. The molecule has 138 valence electrons. The van der Waals surface area contributed by atoms with Crippen LogP contribution in [0.2, 0.25) is 5.02 Å². The van der Waals surface area contributed by atoms with Crippen LogP contribution in [-0.4, -0.2) is 17.5 Å². The number of carbonyl (C=O) groups excluding carboxylic acids is 1. The number of benzene rings is 1. The van der Waals surface area contributed by atoms with Gasteiger partial charge in [-0.2, -0.15) is 0 Å². The molecule has 2 aromatic rings. The number of nitrogens with zero attached hydrogens (tertiary/aromatic N) is 1. The average Bonchev–Trinajstić information content (AvgIpc) is 2.63. The van der Waals surface area contributed by atoms with Gasteiger partial charge in [0.25, 0.3) is 5.91 Å². The van der Waals surface area contributed by atoms with Crippen LogP contribution >= 0.6 is 11.6 Å². The minimum absolute atomic E-state index is 0.259. The number of aryl methyl sites for hydroxylation is 4. The zero-order valence-corrected chi connectivity index (χ0v) is 16.5. The quantitative estimate of drug-likeness (QED) is 0.671. The topological polar surface area (TPSA) is 51.2 Å². The van der Waals surface area contributed by atoms with Gasteiger partial charge in [0.2, 0.25) is 0 Å². The summed E-state index contributed by atoms with van der Waals surface area (Å²) in [5.41, 5.74) is 4.60. The number of halogens is 1. The number of hydrogen-bond acceptors (Lipinski definition) is 3. The van der Waals surface area contributed by atoms with Crippen molar-refractivity contribution in [3.8, 4) is 5.75 Å². The Morgan fingerprint density at radius 2 is 1.85 bits per heavy atom. The predicted molar refractivity (Wildman–Crippen MR) is 108 cm³/mol. The Balaban J connectivity index is 2.51. The van der Waals surface area contributed by atoms with E-state index in [2.05, 4.69) is 30.7 Å². The Labute approximate surface area is 160 Å². The summed E-state index contributed by atoms with van der Waals surface area (Å²) in [6, 6.07) is 6.07. The number of aromatic nitrogens is 1. The van der Waals surface area contributed by atoms with E-state index in [1.165, 1.54) is 0 Å². The Kier molecular flexibility index (Phi) is 6.81. The highest BCUT2D eigenvalue weighted by molar-refractivity contribution is 6.33. The monoisotopic (exact) mass is 372 g/mol. The van der Waals surface area contributed by atoms with Crippen LogP contribution in [0.25, 0.3) is 0 Å². The van der Waals surface area contributed by atoms with Gasteiger partial charge in [0.15, 0.2) is 5.75 Å². The van der Waals surface area contributed by atoms with Crippen molar-refractivity contribution in [2.24, 2.45) is 0 Å². The number of rotatable bonds is 7. The Morgan fingerprint density at radius 3 is 2.38 bits per heavy atom. The molecule has 0 aliphatic carbocycles. The standard InChI is InChI=1S/C21H25ClN2O2/c1-6-12-26-20-17(13(4)23-14(5)18(20)22)21(25)24-19-15(7-2)10-9-11-16(19)8-3/h6,9-11H,1,7-8,12H2,2-5H3,(H,24,25). The molecule has 2 rings (SSSR count). The molecule has 1 N–H and O–H groups in total. The van der Waals surface area contributed by atoms with Crippen LogP contribution < -0.4 is 10.1 Å². The van der Waals surface area contributed by atoms with Gasteiger partial charge in [-0.1, -0.05) is 56.3 Å². The van der Waals surface area contributed by atoms with Crippen molar-refractivity contribution in [1.82, 2.24) is 4.98 Å². The zero-order chi connectivity index (χ0) is 19.3. The number of hydrogen-bond donors (Lipinski definition) is 1. The first-order valence-electron chi connectivity index (χ1n) is 8.76. The van der Waals surface area contributed by atoms with Gasteiger partial charge < -0.3 is 10.1 Å². The first kappa shape index (κ1) is 20.0. The van der Waals surface area contributed by atoms with E-state index >= 15 is 0 Å². The number of pyridine rings is 1. The highest BCUT2D eigenvalue weighted by Crippen LogP contribution is 2.34. The van der Waals surface area contributed by atoms with Gasteiger partial charge in [-0.05, 0) is 37.8 Å². The van der Waals surface area contributed by atoms with Crippen molar-refractivity contribution in [3.05, 3.63) is 64.0 Å². The van der Waals surface area contributed by atoms with Crippen LogP contribution in [0.5, 0.6) is 5.75 Å². The van der Waals surface area contributed by atoms with E-state index in [4.69, 9.17) is 16.3 Å². The molecule has 0 spiro atoms. The molecule has 0 saturated carbocycles. The molecule has 0 atom stereocenters. The fraction of sp³-hybridized carbons (Fsp3) is 0.333. The maximum atomic E-state index is 13.1. The zero-order valence-electron chi connectivity index (χ0n) is 15.8. The first-order valence-corrected chi connectivity index (χ1v) is 9.14. The molecule has 0 unspecified atom stereocenters. The van der Waals surface area contributed by atoms with E-state index in [0.717, 1.165) is 29.7 Å². The molecule has 26 heavy (non-hydrogen) atoms. The summed E-state index contributed by atoms with van der Waals surface area (Å²) in [5.74, 6) is 0.0765. The summed E-state index contributed by atoms with van der Waals surface area (Å²) in [7, 11) is 0. The number of ether oxygens (including phenoxy) is 1. The first-order chi connectivity index (χ1) is 12.4. The molecule has 1 amide bonds. The molecule has 5 heteroatoms. The van der Waals surface area contributed by atoms with Crippen LogP contribution in [0.4, 0.5) is 5.69 Å². The molecule has 0 radical (unpaired) electrons. The van der Waals surface area contributed by atoms with Crippen molar-refractivity contribution in [3.63, 3.8) is 0 Å². The molecular formula is C21H25ClN2O2. The van der Waals surface area contributed by atoms with Gasteiger partial charge in [0.05, 0.1) is 11.4 Å². The van der Waals surface area contributed by atoms with Gasteiger partial charge in [-0.15, -0.1) is 0 Å². The summed E-state index contributed by atoms with van der Waals surface area (Å²) in [5, 5.41) is 3.41. The molecule has 1 aromatic heterocycles. The van der Waals surface area contributed by atoms with E-state index in [0.29, 0.717) is 27.7 Å². The van der Waals surface area contributed by atoms with Crippen LogP contribution in [0.15, 0.2) is 30.9 Å².